The average Bonchev–Trinajstić information content (AvgIpc) is 2.68. The van der Waals surface area contributed by atoms with Gasteiger partial charge in [-0.25, -0.2) is 40.3 Å². The van der Waals surface area contributed by atoms with Crippen LogP contribution in [0.4, 0.5) is 36.4 Å². The lowest BCUT2D eigenvalue weighted by atomic mass is 10.0. The second-order valence-electron chi connectivity index (χ2n) is 5.02. The molecule has 0 aliphatic heterocycles. The number of nitrogens with one attached hydrogen (secondary N) is 1. The highest BCUT2D eigenvalue weighted by atomic mass is 19.2. The van der Waals surface area contributed by atoms with Crippen molar-refractivity contribution in [2.24, 2.45) is 0 Å². The molecular weight excluding hydrogens is 403 g/mol. The molecule has 0 spiro atoms. The van der Waals surface area contributed by atoms with Gasteiger partial charge in [-0.05, 0) is 0 Å². The molecule has 2 aromatic carbocycles. The number of ether oxygens (including phenoxy) is 2. The van der Waals surface area contributed by atoms with Gasteiger partial charge < -0.3 is 14.8 Å². The fourth-order valence-corrected chi connectivity index (χ4v) is 2.16. The van der Waals surface area contributed by atoms with E-state index in [2.05, 4.69) is 9.47 Å². The zero-order chi connectivity index (χ0) is 21.3. The van der Waals surface area contributed by atoms with Crippen LogP contribution < -0.4 is 5.32 Å². The molecular formula is C16H8F7NO4. The van der Waals surface area contributed by atoms with Gasteiger partial charge in [-0.1, -0.05) is 0 Å². The van der Waals surface area contributed by atoms with E-state index in [1.807, 2.05) is 0 Å². The minimum absolute atomic E-state index is 0.356. The second kappa shape index (κ2) is 7.74. The van der Waals surface area contributed by atoms with Crippen molar-refractivity contribution < 1.29 is 49.8 Å². The molecule has 0 heterocycles. The summed E-state index contributed by atoms with van der Waals surface area (Å²) in [5.41, 5.74) is -2.59. The molecule has 0 radical (unpaired) electrons. The van der Waals surface area contributed by atoms with Crippen molar-refractivity contribution >= 4 is 28.4 Å². The largest absolute Gasteiger partial charge is 0.466 e. The Bertz CT molecular complexity index is 1040. The maximum atomic E-state index is 14.5. The van der Waals surface area contributed by atoms with Crippen molar-refractivity contribution in [1.82, 2.24) is 0 Å². The van der Waals surface area contributed by atoms with Gasteiger partial charge in [0.1, 0.15) is 11.4 Å². The molecule has 0 saturated carbocycles. The number of hydrogen-bond acceptors (Lipinski definition) is 5. The predicted octanol–water partition coefficient (Wildman–Crippen LogP) is 3.46. The van der Waals surface area contributed by atoms with Crippen molar-refractivity contribution in [3.05, 3.63) is 52.5 Å². The number of fused-ring (bicyclic) bond motifs is 1. The number of benzene rings is 2. The molecule has 2 rings (SSSR count). The standard InChI is InChI=1S/C16H8F7NO4/c1-27-5(25)3-4(16(26)28-2)24-15-11(20)7-6(10(19)14(15)23)8(17)12(21)13(22)9(7)18/h3,24H,1-2H3/b4-3+. The highest BCUT2D eigenvalue weighted by Gasteiger charge is 2.31. The molecule has 0 aliphatic carbocycles. The third-order valence-corrected chi connectivity index (χ3v) is 3.47. The minimum Gasteiger partial charge on any atom is -0.466 e. The Hall–Kier alpha value is -3.31. The normalized spacial score (nSPS) is 11.5. The van der Waals surface area contributed by atoms with E-state index in [1.54, 1.807) is 5.32 Å². The lowest BCUT2D eigenvalue weighted by Crippen LogP contribution is -2.18. The predicted molar refractivity (Wildman–Crippen MR) is 79.4 cm³/mol. The van der Waals surface area contributed by atoms with Crippen LogP contribution in [0, 0.1) is 40.7 Å². The van der Waals surface area contributed by atoms with Crippen molar-refractivity contribution in [3.63, 3.8) is 0 Å². The SMILES string of the molecule is COC(=O)/C=C(/Nc1c(F)c(F)c2c(F)c(F)c(F)c(F)c2c1F)C(=O)OC. The van der Waals surface area contributed by atoms with E-state index in [0.717, 1.165) is 14.2 Å². The molecule has 0 bridgehead atoms. The summed E-state index contributed by atoms with van der Waals surface area (Å²) < 4.78 is 106. The van der Waals surface area contributed by atoms with E-state index in [9.17, 15) is 40.3 Å². The Morgan fingerprint density at radius 1 is 0.714 bits per heavy atom. The molecule has 0 unspecified atom stereocenters. The van der Waals surface area contributed by atoms with Gasteiger partial charge in [0.2, 0.25) is 0 Å². The van der Waals surface area contributed by atoms with Crippen LogP contribution in [0.2, 0.25) is 0 Å². The number of halogens is 7. The monoisotopic (exact) mass is 411 g/mol. The Morgan fingerprint density at radius 2 is 1.18 bits per heavy atom. The highest BCUT2D eigenvalue weighted by molar-refractivity contribution is 5.99. The first kappa shape index (κ1) is 21.0. The first-order valence-electron chi connectivity index (χ1n) is 7.03. The van der Waals surface area contributed by atoms with E-state index in [1.165, 1.54) is 0 Å². The van der Waals surface area contributed by atoms with Crippen LogP contribution in [0.1, 0.15) is 0 Å². The number of anilines is 1. The zero-order valence-corrected chi connectivity index (χ0v) is 13.9. The maximum Gasteiger partial charge on any atom is 0.354 e. The molecule has 28 heavy (non-hydrogen) atoms. The van der Waals surface area contributed by atoms with Gasteiger partial charge in [0, 0.05) is 0 Å². The maximum absolute atomic E-state index is 14.5. The summed E-state index contributed by atoms with van der Waals surface area (Å²) in [5.74, 6) is -18.9. The third kappa shape index (κ3) is 3.32. The van der Waals surface area contributed by atoms with Gasteiger partial charge in [-0.15, -0.1) is 0 Å². The third-order valence-electron chi connectivity index (χ3n) is 3.47. The van der Waals surface area contributed by atoms with Crippen LogP contribution in [0.15, 0.2) is 11.8 Å². The van der Waals surface area contributed by atoms with Crippen molar-refractivity contribution in [2.45, 2.75) is 0 Å². The van der Waals surface area contributed by atoms with Crippen LogP contribution >= 0.6 is 0 Å². The van der Waals surface area contributed by atoms with Gasteiger partial charge in [0.05, 0.1) is 31.1 Å². The average molecular weight is 411 g/mol. The molecule has 2 aromatic rings. The number of methoxy groups -OCH3 is 2. The topological polar surface area (TPSA) is 64.6 Å². The van der Waals surface area contributed by atoms with E-state index in [0.29, 0.717) is 6.08 Å². The number of hydrogen-bond donors (Lipinski definition) is 1. The Kier molecular flexibility index (Phi) is 5.81. The fraction of sp³-hybridized carbons (Fsp3) is 0.125. The molecule has 0 atom stereocenters. The second-order valence-corrected chi connectivity index (χ2v) is 5.02. The molecule has 12 heteroatoms. The Balaban J connectivity index is 2.84. The van der Waals surface area contributed by atoms with Gasteiger partial charge in [-0.3, -0.25) is 0 Å². The van der Waals surface area contributed by atoms with Crippen LogP contribution in [-0.2, 0) is 19.1 Å². The number of carbonyl (C=O) groups excluding carboxylic acids is 2. The summed E-state index contributed by atoms with van der Waals surface area (Å²) in [6, 6.07) is 0. The van der Waals surface area contributed by atoms with E-state index < -0.39 is 74.8 Å². The highest BCUT2D eigenvalue weighted by Crippen LogP contribution is 2.37. The first-order chi connectivity index (χ1) is 13.1. The summed E-state index contributed by atoms with van der Waals surface area (Å²) in [5, 5.41) is -1.95. The molecule has 0 amide bonds. The lowest BCUT2D eigenvalue weighted by Gasteiger charge is -2.15. The molecule has 0 aromatic heterocycles. The molecule has 5 nitrogen and oxygen atoms in total. The van der Waals surface area contributed by atoms with Crippen LogP contribution in [-0.4, -0.2) is 26.2 Å². The Morgan fingerprint density at radius 3 is 1.64 bits per heavy atom. The quantitative estimate of drug-likeness (QED) is 0.275. The van der Waals surface area contributed by atoms with Crippen molar-refractivity contribution in [2.75, 3.05) is 19.5 Å². The van der Waals surface area contributed by atoms with Crippen molar-refractivity contribution in [3.8, 4) is 0 Å². The van der Waals surface area contributed by atoms with Crippen molar-refractivity contribution in [1.29, 1.82) is 0 Å². The molecule has 0 saturated heterocycles. The summed E-state index contributed by atoms with van der Waals surface area (Å²) in [4.78, 5) is 22.9. The zero-order valence-electron chi connectivity index (χ0n) is 13.9. The first-order valence-corrected chi connectivity index (χ1v) is 7.03. The number of rotatable bonds is 4. The van der Waals surface area contributed by atoms with E-state index >= 15 is 0 Å². The van der Waals surface area contributed by atoms with Crippen LogP contribution in [0.25, 0.3) is 10.8 Å². The van der Waals surface area contributed by atoms with E-state index in [4.69, 9.17) is 0 Å². The molecule has 150 valence electrons. The summed E-state index contributed by atoms with van der Waals surface area (Å²) >= 11 is 0. The summed E-state index contributed by atoms with van der Waals surface area (Å²) in [6.07, 6.45) is 0.356. The summed E-state index contributed by atoms with van der Waals surface area (Å²) in [6.45, 7) is 0. The number of esters is 2. The van der Waals surface area contributed by atoms with E-state index in [-0.39, 0.29) is 0 Å². The number of carbonyl (C=O) groups is 2. The summed E-state index contributed by atoms with van der Waals surface area (Å²) in [7, 11) is 1.70. The minimum atomic E-state index is -2.48. The smallest absolute Gasteiger partial charge is 0.354 e. The fourth-order valence-electron chi connectivity index (χ4n) is 2.16. The molecule has 0 fully saturated rings. The lowest BCUT2D eigenvalue weighted by molar-refractivity contribution is -0.138. The van der Waals surface area contributed by atoms with Gasteiger partial charge in [-0.2, -0.15) is 0 Å². The molecule has 1 N–H and O–H groups in total. The van der Waals surface area contributed by atoms with Gasteiger partial charge >= 0.3 is 11.9 Å². The Labute approximate surface area is 151 Å². The van der Waals surface area contributed by atoms with Gasteiger partial charge in [0.25, 0.3) is 0 Å². The van der Waals surface area contributed by atoms with Crippen LogP contribution in [0.5, 0.6) is 0 Å². The van der Waals surface area contributed by atoms with Gasteiger partial charge in [0.15, 0.2) is 40.7 Å². The molecule has 0 aliphatic rings. The van der Waals surface area contributed by atoms with Crippen LogP contribution in [0.3, 0.4) is 0 Å².